The Morgan fingerprint density at radius 1 is 1.30 bits per heavy atom. The average molecular weight is 275 g/mol. The second kappa shape index (κ2) is 6.55. The van der Waals surface area contributed by atoms with Crippen molar-refractivity contribution < 1.29 is 14.7 Å². The van der Waals surface area contributed by atoms with Gasteiger partial charge in [-0.05, 0) is 42.4 Å². The normalized spacial score (nSPS) is 16.2. The van der Waals surface area contributed by atoms with E-state index < -0.39 is 5.97 Å². The first kappa shape index (κ1) is 14.6. The first-order valence-corrected chi connectivity index (χ1v) is 7.16. The molecule has 1 aliphatic carbocycles. The van der Waals surface area contributed by atoms with Crippen LogP contribution in [0, 0.1) is 5.92 Å². The Labute approximate surface area is 119 Å². The van der Waals surface area contributed by atoms with Crippen LogP contribution < -0.4 is 5.32 Å². The molecule has 0 saturated heterocycles. The average Bonchev–Trinajstić information content (AvgIpc) is 2.34. The fourth-order valence-corrected chi connectivity index (χ4v) is 2.39. The van der Waals surface area contributed by atoms with Crippen molar-refractivity contribution in [3.8, 4) is 0 Å². The molecule has 1 fully saturated rings. The third-order valence-electron chi connectivity index (χ3n) is 3.88. The second-order valence-electron chi connectivity index (χ2n) is 5.66. The molecule has 0 bridgehead atoms. The SMILES string of the molecule is CC(CNC(=O)c1ccc(C2CCC2)cc1)CC(=O)O. The standard InChI is InChI=1S/C16H21NO3/c1-11(9-15(18)19)10-17-16(20)14-7-5-13(6-8-14)12-3-2-4-12/h5-8,11-12H,2-4,9-10H2,1H3,(H,17,20)(H,18,19). The molecular weight excluding hydrogens is 254 g/mol. The largest absolute Gasteiger partial charge is 0.481 e. The molecule has 1 atom stereocenters. The lowest BCUT2D eigenvalue weighted by Crippen LogP contribution is -2.29. The van der Waals surface area contributed by atoms with Crippen LogP contribution >= 0.6 is 0 Å². The quantitative estimate of drug-likeness (QED) is 0.839. The van der Waals surface area contributed by atoms with Gasteiger partial charge in [-0.3, -0.25) is 9.59 Å². The van der Waals surface area contributed by atoms with Gasteiger partial charge in [-0.25, -0.2) is 0 Å². The molecular formula is C16H21NO3. The molecule has 1 saturated carbocycles. The molecule has 0 radical (unpaired) electrons. The summed E-state index contributed by atoms with van der Waals surface area (Å²) in [5, 5.41) is 11.4. The van der Waals surface area contributed by atoms with E-state index in [1.807, 2.05) is 31.2 Å². The molecule has 2 rings (SSSR count). The smallest absolute Gasteiger partial charge is 0.303 e. The molecule has 4 nitrogen and oxygen atoms in total. The topological polar surface area (TPSA) is 66.4 Å². The van der Waals surface area contributed by atoms with Gasteiger partial charge in [-0.15, -0.1) is 0 Å². The number of nitrogens with one attached hydrogen (secondary N) is 1. The molecule has 0 aromatic heterocycles. The number of rotatable bonds is 6. The minimum atomic E-state index is -0.836. The van der Waals surface area contributed by atoms with Crippen molar-refractivity contribution in [2.75, 3.05) is 6.54 Å². The highest BCUT2D eigenvalue weighted by atomic mass is 16.4. The summed E-state index contributed by atoms with van der Waals surface area (Å²) in [7, 11) is 0. The van der Waals surface area contributed by atoms with E-state index in [4.69, 9.17) is 5.11 Å². The number of amides is 1. The third kappa shape index (κ3) is 3.83. The highest BCUT2D eigenvalue weighted by Crippen LogP contribution is 2.36. The van der Waals surface area contributed by atoms with E-state index in [0.717, 1.165) is 0 Å². The predicted molar refractivity (Wildman–Crippen MR) is 76.8 cm³/mol. The highest BCUT2D eigenvalue weighted by Gasteiger charge is 2.19. The Morgan fingerprint density at radius 3 is 2.45 bits per heavy atom. The Balaban J connectivity index is 1.84. The number of hydrogen-bond donors (Lipinski definition) is 2. The van der Waals surface area contributed by atoms with Gasteiger partial charge in [0.25, 0.3) is 5.91 Å². The summed E-state index contributed by atoms with van der Waals surface area (Å²) in [5.41, 5.74) is 1.95. The zero-order valence-corrected chi connectivity index (χ0v) is 11.8. The summed E-state index contributed by atoms with van der Waals surface area (Å²) < 4.78 is 0. The zero-order chi connectivity index (χ0) is 14.5. The van der Waals surface area contributed by atoms with Crippen LogP contribution in [-0.4, -0.2) is 23.5 Å². The van der Waals surface area contributed by atoms with Gasteiger partial charge >= 0.3 is 5.97 Å². The fraction of sp³-hybridized carbons (Fsp3) is 0.500. The minimum Gasteiger partial charge on any atom is -0.481 e. The summed E-state index contributed by atoms with van der Waals surface area (Å²) in [6, 6.07) is 7.76. The van der Waals surface area contributed by atoms with Crippen molar-refractivity contribution in [2.45, 2.75) is 38.5 Å². The Bertz CT molecular complexity index is 477. The van der Waals surface area contributed by atoms with Gasteiger partial charge in [0, 0.05) is 18.5 Å². The lowest BCUT2D eigenvalue weighted by Gasteiger charge is -2.25. The zero-order valence-electron chi connectivity index (χ0n) is 11.8. The lowest BCUT2D eigenvalue weighted by molar-refractivity contribution is -0.137. The second-order valence-corrected chi connectivity index (χ2v) is 5.66. The molecule has 2 N–H and O–H groups in total. The molecule has 0 spiro atoms. The molecule has 1 aromatic rings. The van der Waals surface area contributed by atoms with Gasteiger partial charge < -0.3 is 10.4 Å². The van der Waals surface area contributed by atoms with E-state index in [9.17, 15) is 9.59 Å². The van der Waals surface area contributed by atoms with E-state index in [1.165, 1.54) is 24.8 Å². The monoisotopic (exact) mass is 275 g/mol. The fourth-order valence-electron chi connectivity index (χ4n) is 2.39. The maximum atomic E-state index is 11.9. The number of carboxylic acids is 1. The first-order chi connectivity index (χ1) is 9.56. The molecule has 0 aliphatic heterocycles. The summed E-state index contributed by atoms with van der Waals surface area (Å²) in [6.07, 6.45) is 3.87. The van der Waals surface area contributed by atoms with Gasteiger partial charge in [-0.2, -0.15) is 0 Å². The van der Waals surface area contributed by atoms with Crippen molar-refractivity contribution in [3.05, 3.63) is 35.4 Å². The maximum absolute atomic E-state index is 11.9. The number of benzene rings is 1. The molecule has 1 unspecified atom stereocenters. The first-order valence-electron chi connectivity index (χ1n) is 7.16. The Hall–Kier alpha value is -1.84. The van der Waals surface area contributed by atoms with Crippen molar-refractivity contribution in [3.63, 3.8) is 0 Å². The number of hydrogen-bond acceptors (Lipinski definition) is 2. The van der Waals surface area contributed by atoms with Gasteiger partial charge in [0.15, 0.2) is 0 Å². The van der Waals surface area contributed by atoms with E-state index >= 15 is 0 Å². The summed E-state index contributed by atoms with van der Waals surface area (Å²) in [6.45, 7) is 2.20. The van der Waals surface area contributed by atoms with Crippen molar-refractivity contribution >= 4 is 11.9 Å². The minimum absolute atomic E-state index is 0.0642. The molecule has 1 amide bonds. The summed E-state index contributed by atoms with van der Waals surface area (Å²) >= 11 is 0. The van der Waals surface area contributed by atoms with E-state index in [2.05, 4.69) is 5.32 Å². The van der Waals surface area contributed by atoms with Gasteiger partial charge in [-0.1, -0.05) is 25.5 Å². The maximum Gasteiger partial charge on any atom is 0.303 e. The van der Waals surface area contributed by atoms with Crippen LogP contribution in [0.3, 0.4) is 0 Å². The Kier molecular flexibility index (Phi) is 4.77. The lowest BCUT2D eigenvalue weighted by atomic mass is 9.80. The van der Waals surface area contributed by atoms with Crippen LogP contribution in [-0.2, 0) is 4.79 Å². The van der Waals surface area contributed by atoms with E-state index in [1.54, 1.807) is 0 Å². The van der Waals surface area contributed by atoms with E-state index in [0.29, 0.717) is 18.0 Å². The van der Waals surface area contributed by atoms with Gasteiger partial charge in [0.1, 0.15) is 0 Å². The molecule has 20 heavy (non-hydrogen) atoms. The van der Waals surface area contributed by atoms with Crippen molar-refractivity contribution in [1.29, 1.82) is 0 Å². The summed E-state index contributed by atoms with van der Waals surface area (Å²) in [5.74, 6) is -0.368. The number of carboxylic acid groups (broad SMARTS) is 1. The van der Waals surface area contributed by atoms with Gasteiger partial charge in [0.2, 0.25) is 0 Å². The van der Waals surface area contributed by atoms with Crippen LogP contribution in [0.25, 0.3) is 0 Å². The molecule has 1 aliphatic rings. The predicted octanol–water partition coefficient (Wildman–Crippen LogP) is 2.79. The van der Waals surface area contributed by atoms with Crippen LogP contribution in [0.4, 0.5) is 0 Å². The van der Waals surface area contributed by atoms with Gasteiger partial charge in [0.05, 0.1) is 0 Å². The summed E-state index contributed by atoms with van der Waals surface area (Å²) in [4.78, 5) is 22.5. The van der Waals surface area contributed by atoms with Crippen LogP contribution in [0.5, 0.6) is 0 Å². The van der Waals surface area contributed by atoms with E-state index in [-0.39, 0.29) is 18.2 Å². The van der Waals surface area contributed by atoms with Crippen molar-refractivity contribution in [1.82, 2.24) is 5.32 Å². The molecule has 108 valence electrons. The highest BCUT2D eigenvalue weighted by molar-refractivity contribution is 5.94. The van der Waals surface area contributed by atoms with Crippen LogP contribution in [0.15, 0.2) is 24.3 Å². The number of carbonyl (C=O) groups excluding carboxylic acids is 1. The third-order valence-corrected chi connectivity index (χ3v) is 3.88. The van der Waals surface area contributed by atoms with Crippen molar-refractivity contribution in [2.24, 2.45) is 5.92 Å². The van der Waals surface area contributed by atoms with Crippen LogP contribution in [0.1, 0.15) is 54.4 Å². The Morgan fingerprint density at radius 2 is 1.95 bits per heavy atom. The van der Waals surface area contributed by atoms with Crippen LogP contribution in [0.2, 0.25) is 0 Å². The molecule has 4 heteroatoms. The molecule has 1 aromatic carbocycles. The molecule has 0 heterocycles. The number of aliphatic carboxylic acids is 1. The number of carbonyl (C=O) groups is 2.